The third-order valence-corrected chi connectivity index (χ3v) is 2.01. The molecule has 0 saturated carbocycles. The van der Waals surface area contributed by atoms with E-state index in [-0.39, 0.29) is 0 Å². The second-order valence-corrected chi connectivity index (χ2v) is 2.85. The van der Waals surface area contributed by atoms with E-state index >= 15 is 0 Å². The van der Waals surface area contributed by atoms with Crippen molar-refractivity contribution in [3.05, 3.63) is 23.6 Å². The molecular weight excluding hydrogens is 154 g/mol. The van der Waals surface area contributed by atoms with Gasteiger partial charge in [-0.25, -0.2) is 0 Å². The third kappa shape index (κ3) is 0.794. The van der Waals surface area contributed by atoms with E-state index in [1.165, 1.54) is 0 Å². The molecule has 0 bridgehead atoms. The van der Waals surface area contributed by atoms with Crippen LogP contribution in [0.3, 0.4) is 0 Å². The fourth-order valence-electron chi connectivity index (χ4n) is 1.37. The van der Waals surface area contributed by atoms with E-state index in [4.69, 9.17) is 4.42 Å². The minimum absolute atomic E-state index is 0.642. The van der Waals surface area contributed by atoms with Crippen LogP contribution in [0.25, 0.3) is 11.1 Å². The predicted octanol–water partition coefficient (Wildman–Crippen LogP) is 1.89. The number of carbonyl (C=O) groups is 1. The van der Waals surface area contributed by atoms with Gasteiger partial charge in [0.2, 0.25) is 0 Å². The van der Waals surface area contributed by atoms with Crippen LogP contribution in [0, 0.1) is 6.92 Å². The van der Waals surface area contributed by atoms with Gasteiger partial charge in [0.25, 0.3) is 0 Å². The topological polar surface area (TPSA) is 35.1 Å². The molecule has 3 heteroatoms. The van der Waals surface area contributed by atoms with Gasteiger partial charge in [-0.2, -0.15) is 0 Å². The van der Waals surface area contributed by atoms with Crippen molar-refractivity contribution in [2.24, 2.45) is 7.05 Å². The molecule has 0 amide bonds. The molecule has 0 fully saturated rings. The van der Waals surface area contributed by atoms with Crippen molar-refractivity contribution in [2.75, 3.05) is 0 Å². The lowest BCUT2D eigenvalue weighted by Gasteiger charge is -1.92. The van der Waals surface area contributed by atoms with Gasteiger partial charge in [-0.05, 0) is 6.92 Å². The summed E-state index contributed by atoms with van der Waals surface area (Å²) in [6.07, 6.45) is 0.824. The molecule has 0 unspecified atom stereocenters. The van der Waals surface area contributed by atoms with Crippen molar-refractivity contribution in [1.82, 2.24) is 4.57 Å². The van der Waals surface area contributed by atoms with Gasteiger partial charge in [0, 0.05) is 19.2 Å². The minimum atomic E-state index is 0.642. The highest BCUT2D eigenvalue weighted by atomic mass is 16.3. The Hall–Kier alpha value is -1.51. The van der Waals surface area contributed by atoms with E-state index in [1.807, 2.05) is 24.6 Å². The summed E-state index contributed by atoms with van der Waals surface area (Å²) in [5, 5.41) is 0. The summed E-state index contributed by atoms with van der Waals surface area (Å²) in [5.41, 5.74) is 2.38. The number of furan rings is 1. The van der Waals surface area contributed by atoms with E-state index < -0.39 is 0 Å². The number of hydrogen-bond donors (Lipinski definition) is 0. The number of rotatable bonds is 1. The average Bonchev–Trinajstić information content (AvgIpc) is 2.51. The molecule has 62 valence electrons. The van der Waals surface area contributed by atoms with Crippen molar-refractivity contribution < 1.29 is 9.21 Å². The van der Waals surface area contributed by atoms with E-state index in [1.54, 1.807) is 6.07 Å². The van der Waals surface area contributed by atoms with Crippen LogP contribution in [0.5, 0.6) is 0 Å². The summed E-state index contributed by atoms with van der Waals surface area (Å²) in [5.74, 6) is 0.869. The van der Waals surface area contributed by atoms with Crippen LogP contribution in [-0.4, -0.2) is 10.9 Å². The lowest BCUT2D eigenvalue weighted by atomic mass is 10.4. The molecule has 12 heavy (non-hydrogen) atoms. The summed E-state index contributed by atoms with van der Waals surface area (Å²) >= 11 is 0. The largest absolute Gasteiger partial charge is 0.460 e. The highest BCUT2D eigenvalue weighted by Crippen LogP contribution is 2.21. The molecule has 0 aromatic carbocycles. The first-order chi connectivity index (χ1) is 5.72. The molecule has 0 saturated heterocycles. The summed E-state index contributed by atoms with van der Waals surface area (Å²) < 4.78 is 7.17. The van der Waals surface area contributed by atoms with Gasteiger partial charge < -0.3 is 8.98 Å². The fourth-order valence-corrected chi connectivity index (χ4v) is 1.37. The van der Waals surface area contributed by atoms with Gasteiger partial charge in [-0.3, -0.25) is 4.79 Å². The first kappa shape index (κ1) is 7.16. The molecule has 0 aliphatic heterocycles. The molecule has 2 rings (SSSR count). The number of aromatic nitrogens is 1. The van der Waals surface area contributed by atoms with Crippen LogP contribution in [0.4, 0.5) is 0 Å². The maximum absolute atomic E-state index is 10.5. The monoisotopic (exact) mass is 163 g/mol. The van der Waals surface area contributed by atoms with Gasteiger partial charge in [-0.15, -0.1) is 0 Å². The van der Waals surface area contributed by atoms with Crippen LogP contribution in [0.15, 0.2) is 16.5 Å². The lowest BCUT2D eigenvalue weighted by Crippen LogP contribution is -1.92. The number of carbonyl (C=O) groups excluding carboxylic acids is 1. The van der Waals surface area contributed by atoms with Crippen molar-refractivity contribution >= 4 is 17.4 Å². The standard InChI is InChI=1S/C9H9NO2/c1-6-3-8-9(12-6)4-7(5-11)10(8)2/h3-5H,1-2H3. The smallest absolute Gasteiger partial charge is 0.166 e. The predicted molar refractivity (Wildman–Crippen MR) is 45.3 cm³/mol. The molecule has 2 aromatic rings. The number of fused-ring (bicyclic) bond motifs is 1. The second kappa shape index (κ2) is 2.24. The first-order valence-corrected chi connectivity index (χ1v) is 3.73. The summed E-state index contributed by atoms with van der Waals surface area (Å²) in [4.78, 5) is 10.5. The van der Waals surface area contributed by atoms with Gasteiger partial charge in [0.1, 0.15) is 5.76 Å². The van der Waals surface area contributed by atoms with Gasteiger partial charge in [0.15, 0.2) is 11.9 Å². The highest BCUT2D eigenvalue weighted by Gasteiger charge is 2.08. The van der Waals surface area contributed by atoms with E-state index in [9.17, 15) is 4.79 Å². The van der Waals surface area contributed by atoms with Gasteiger partial charge in [-0.1, -0.05) is 0 Å². The normalized spacial score (nSPS) is 10.8. The number of aryl methyl sites for hydroxylation is 2. The Morgan fingerprint density at radius 2 is 2.25 bits per heavy atom. The molecule has 2 aromatic heterocycles. The van der Waals surface area contributed by atoms with Gasteiger partial charge >= 0.3 is 0 Å². The Bertz CT molecular complexity index is 436. The number of hydrogen-bond acceptors (Lipinski definition) is 2. The molecule has 0 aliphatic rings. The fraction of sp³-hybridized carbons (Fsp3) is 0.222. The SMILES string of the molecule is Cc1cc2c(cc(C=O)n2C)o1. The maximum Gasteiger partial charge on any atom is 0.166 e. The van der Waals surface area contributed by atoms with Crippen LogP contribution in [-0.2, 0) is 7.05 Å². The van der Waals surface area contributed by atoms with Crippen molar-refractivity contribution in [2.45, 2.75) is 6.92 Å². The van der Waals surface area contributed by atoms with Crippen LogP contribution < -0.4 is 0 Å². The Labute approximate surface area is 69.6 Å². The minimum Gasteiger partial charge on any atom is -0.460 e. The zero-order chi connectivity index (χ0) is 8.72. The highest BCUT2D eigenvalue weighted by molar-refractivity contribution is 5.85. The Morgan fingerprint density at radius 1 is 1.50 bits per heavy atom. The molecule has 3 nitrogen and oxygen atoms in total. The van der Waals surface area contributed by atoms with Crippen LogP contribution in [0.2, 0.25) is 0 Å². The Kier molecular flexibility index (Phi) is 1.33. The van der Waals surface area contributed by atoms with Crippen molar-refractivity contribution in [1.29, 1.82) is 0 Å². The Balaban J connectivity index is 2.82. The van der Waals surface area contributed by atoms with Gasteiger partial charge in [0.05, 0.1) is 11.2 Å². The average molecular weight is 163 g/mol. The van der Waals surface area contributed by atoms with E-state index in [2.05, 4.69) is 0 Å². The second-order valence-electron chi connectivity index (χ2n) is 2.85. The third-order valence-electron chi connectivity index (χ3n) is 2.01. The van der Waals surface area contributed by atoms with Crippen LogP contribution >= 0.6 is 0 Å². The Morgan fingerprint density at radius 3 is 2.83 bits per heavy atom. The molecule has 0 N–H and O–H groups in total. The molecule has 0 radical (unpaired) electrons. The zero-order valence-electron chi connectivity index (χ0n) is 7.00. The molecule has 0 spiro atoms. The molecule has 2 heterocycles. The summed E-state index contributed by atoms with van der Waals surface area (Å²) in [6, 6.07) is 3.66. The van der Waals surface area contributed by atoms with E-state index in [0.29, 0.717) is 5.69 Å². The molecule has 0 atom stereocenters. The lowest BCUT2D eigenvalue weighted by molar-refractivity contribution is 0.111. The van der Waals surface area contributed by atoms with Crippen molar-refractivity contribution in [3.63, 3.8) is 0 Å². The molecular formula is C9H9NO2. The zero-order valence-corrected chi connectivity index (χ0v) is 7.00. The summed E-state index contributed by atoms with van der Waals surface area (Å²) in [6.45, 7) is 1.89. The number of aldehydes is 1. The quantitative estimate of drug-likeness (QED) is 0.602. The first-order valence-electron chi connectivity index (χ1n) is 3.73. The van der Waals surface area contributed by atoms with Crippen LogP contribution in [0.1, 0.15) is 16.2 Å². The van der Waals surface area contributed by atoms with Crippen molar-refractivity contribution in [3.8, 4) is 0 Å². The summed E-state index contributed by atoms with van der Waals surface area (Å²) in [7, 11) is 1.85. The van der Waals surface area contributed by atoms with E-state index in [0.717, 1.165) is 23.1 Å². The maximum atomic E-state index is 10.5. The number of nitrogens with zero attached hydrogens (tertiary/aromatic N) is 1. The molecule has 0 aliphatic carbocycles.